The van der Waals surface area contributed by atoms with E-state index < -0.39 is 0 Å². The first kappa shape index (κ1) is 16.7. The third kappa shape index (κ3) is 2.67. The van der Waals surface area contributed by atoms with E-state index in [2.05, 4.69) is 24.1 Å². The lowest BCUT2D eigenvalue weighted by atomic mass is 10.0. The van der Waals surface area contributed by atoms with E-state index in [0.29, 0.717) is 0 Å². The van der Waals surface area contributed by atoms with Crippen molar-refractivity contribution in [2.45, 2.75) is 13.8 Å². The summed E-state index contributed by atoms with van der Waals surface area (Å²) in [4.78, 5) is 20.3. The fraction of sp³-hybridized carbons (Fsp3) is 0.273. The van der Waals surface area contributed by atoms with Crippen molar-refractivity contribution in [1.29, 1.82) is 0 Å². The summed E-state index contributed by atoms with van der Waals surface area (Å²) in [5.74, 6) is 0.908. The molecule has 0 saturated heterocycles. The molecule has 0 fully saturated rings. The van der Waals surface area contributed by atoms with Gasteiger partial charge in [-0.15, -0.1) is 0 Å². The third-order valence-corrected chi connectivity index (χ3v) is 5.18. The second-order valence-electron chi connectivity index (χ2n) is 6.56. The van der Waals surface area contributed by atoms with Gasteiger partial charge in [0, 0.05) is 35.2 Å². The molecular weight excluding hydrogens is 322 g/mol. The number of hydrogen-bond acceptors (Lipinski definition) is 4. The maximum atomic E-state index is 13.1. The van der Waals surface area contributed by atoms with Crippen LogP contribution in [0.3, 0.4) is 0 Å². The van der Waals surface area contributed by atoms with E-state index in [1.165, 1.54) is 0 Å². The van der Waals surface area contributed by atoms with E-state index >= 15 is 0 Å². The Bertz CT molecular complexity index is 976. The highest BCUT2D eigenvalue weighted by Crippen LogP contribution is 2.43. The van der Waals surface area contributed by atoms with Crippen molar-refractivity contribution in [3.63, 3.8) is 0 Å². The first-order valence-electron chi connectivity index (χ1n) is 9.27. The van der Waals surface area contributed by atoms with Crippen LogP contribution < -0.4 is 5.32 Å². The number of para-hydroxylation sites is 1. The van der Waals surface area contributed by atoms with Gasteiger partial charge in [-0.1, -0.05) is 56.3 Å². The van der Waals surface area contributed by atoms with Crippen LogP contribution in [-0.4, -0.2) is 41.8 Å². The minimum atomic E-state index is 0.0981. The van der Waals surface area contributed by atoms with Crippen LogP contribution in [0.5, 0.6) is 0 Å². The van der Waals surface area contributed by atoms with Crippen molar-refractivity contribution in [2.75, 3.05) is 31.5 Å². The number of hydrogen-bond donors (Lipinski definition) is 1. The topological polar surface area (TPSA) is 45.2 Å². The monoisotopic (exact) mass is 345 g/mol. The highest BCUT2D eigenvalue weighted by atomic mass is 16.1. The fourth-order valence-corrected chi connectivity index (χ4v) is 3.74. The quantitative estimate of drug-likeness (QED) is 0.569. The second kappa shape index (κ2) is 6.89. The Balaban J connectivity index is 1.81. The molecule has 0 aliphatic heterocycles. The molecule has 26 heavy (non-hydrogen) atoms. The maximum absolute atomic E-state index is 13.1. The average Bonchev–Trinajstić information content (AvgIpc) is 2.99. The number of aromatic nitrogens is 1. The van der Waals surface area contributed by atoms with Crippen LogP contribution in [0.25, 0.3) is 22.0 Å². The Kier molecular flexibility index (Phi) is 4.43. The van der Waals surface area contributed by atoms with E-state index in [9.17, 15) is 4.79 Å². The molecule has 1 aliphatic rings. The zero-order valence-electron chi connectivity index (χ0n) is 15.2. The van der Waals surface area contributed by atoms with Crippen molar-refractivity contribution >= 4 is 22.5 Å². The van der Waals surface area contributed by atoms with Gasteiger partial charge in [0.2, 0.25) is 0 Å². The standard InChI is InChI=1S/C22H23N3O/c1-3-25(4-2)14-13-23-22-20-15-9-5-6-10-16(15)21(26)19(20)17-11-7-8-12-18(17)24-22/h5-12H,3-4,13-14H2,1-2H3,(H,23,24). The van der Waals surface area contributed by atoms with Crippen LogP contribution in [0.4, 0.5) is 5.82 Å². The van der Waals surface area contributed by atoms with E-state index in [1.807, 2.05) is 48.5 Å². The van der Waals surface area contributed by atoms with Crippen molar-refractivity contribution in [3.8, 4) is 11.1 Å². The molecule has 0 unspecified atom stereocenters. The predicted molar refractivity (Wildman–Crippen MR) is 107 cm³/mol. The fourth-order valence-electron chi connectivity index (χ4n) is 3.74. The number of pyridine rings is 1. The molecule has 3 aromatic rings. The van der Waals surface area contributed by atoms with Gasteiger partial charge in [0.25, 0.3) is 0 Å². The van der Waals surface area contributed by atoms with Gasteiger partial charge < -0.3 is 10.2 Å². The lowest BCUT2D eigenvalue weighted by Gasteiger charge is -2.19. The number of carbonyl (C=O) groups is 1. The number of fused-ring (bicyclic) bond motifs is 5. The second-order valence-corrected chi connectivity index (χ2v) is 6.56. The summed E-state index contributed by atoms with van der Waals surface area (Å²) >= 11 is 0. The first-order chi connectivity index (χ1) is 12.7. The van der Waals surface area contributed by atoms with E-state index in [1.54, 1.807) is 0 Å². The highest BCUT2D eigenvalue weighted by Gasteiger charge is 2.31. The zero-order chi connectivity index (χ0) is 18.1. The average molecular weight is 345 g/mol. The number of carbonyl (C=O) groups excluding carboxylic acids is 1. The summed E-state index contributed by atoms with van der Waals surface area (Å²) in [6, 6.07) is 15.7. The van der Waals surface area contributed by atoms with Crippen LogP contribution in [0.15, 0.2) is 48.5 Å². The largest absolute Gasteiger partial charge is 0.368 e. The summed E-state index contributed by atoms with van der Waals surface area (Å²) in [7, 11) is 0. The molecule has 4 nitrogen and oxygen atoms in total. The molecule has 0 radical (unpaired) electrons. The Morgan fingerprint density at radius 2 is 1.62 bits per heavy atom. The molecule has 132 valence electrons. The van der Waals surface area contributed by atoms with Crippen LogP contribution in [0, 0.1) is 0 Å². The first-order valence-corrected chi connectivity index (χ1v) is 9.27. The molecular formula is C22H23N3O. The number of anilines is 1. The molecule has 0 saturated carbocycles. The smallest absolute Gasteiger partial charge is 0.195 e. The summed E-state index contributed by atoms with van der Waals surface area (Å²) in [5, 5.41) is 4.42. The molecule has 0 bridgehead atoms. The van der Waals surface area contributed by atoms with Crippen molar-refractivity contribution < 1.29 is 4.79 Å². The van der Waals surface area contributed by atoms with E-state index in [-0.39, 0.29) is 5.78 Å². The normalized spacial score (nSPS) is 12.5. The molecule has 1 aliphatic carbocycles. The van der Waals surface area contributed by atoms with Gasteiger partial charge in [0.1, 0.15) is 5.82 Å². The molecule has 1 N–H and O–H groups in total. The Morgan fingerprint density at radius 3 is 2.38 bits per heavy atom. The summed E-state index contributed by atoms with van der Waals surface area (Å²) < 4.78 is 0. The van der Waals surface area contributed by atoms with Crippen LogP contribution in [0.1, 0.15) is 29.8 Å². The third-order valence-electron chi connectivity index (χ3n) is 5.18. The molecule has 1 aromatic heterocycles. The van der Waals surface area contributed by atoms with Crippen LogP contribution >= 0.6 is 0 Å². The number of nitrogens with one attached hydrogen (secondary N) is 1. The SMILES string of the molecule is CCN(CC)CCNc1nc2ccccc2c2c1-c1ccccc1C2=O. The molecule has 1 heterocycles. The number of nitrogens with zero attached hydrogens (tertiary/aromatic N) is 2. The van der Waals surface area contributed by atoms with Gasteiger partial charge >= 0.3 is 0 Å². The zero-order valence-corrected chi connectivity index (χ0v) is 15.2. The molecule has 4 heteroatoms. The van der Waals surface area contributed by atoms with Crippen LogP contribution in [0.2, 0.25) is 0 Å². The molecule has 0 spiro atoms. The Labute approximate surface area is 153 Å². The van der Waals surface area contributed by atoms with Gasteiger partial charge in [-0.2, -0.15) is 0 Å². The number of benzene rings is 2. The lowest BCUT2D eigenvalue weighted by molar-refractivity contribution is 0.104. The van der Waals surface area contributed by atoms with Crippen LogP contribution in [-0.2, 0) is 0 Å². The number of likely N-dealkylation sites (N-methyl/N-ethyl adjacent to an activating group) is 1. The summed E-state index contributed by atoms with van der Waals surface area (Å²) in [5.41, 5.74) is 4.34. The minimum absolute atomic E-state index is 0.0981. The van der Waals surface area contributed by atoms with Gasteiger partial charge in [0.15, 0.2) is 5.78 Å². The van der Waals surface area contributed by atoms with Gasteiger partial charge in [-0.05, 0) is 24.7 Å². The molecule has 0 atom stereocenters. The van der Waals surface area contributed by atoms with Crippen molar-refractivity contribution in [3.05, 3.63) is 59.7 Å². The minimum Gasteiger partial charge on any atom is -0.368 e. The summed E-state index contributed by atoms with van der Waals surface area (Å²) in [6.45, 7) is 8.15. The lowest BCUT2D eigenvalue weighted by Crippen LogP contribution is -2.28. The molecule has 4 rings (SSSR count). The highest BCUT2D eigenvalue weighted by molar-refractivity contribution is 6.28. The van der Waals surface area contributed by atoms with Gasteiger partial charge in [-0.3, -0.25) is 4.79 Å². The van der Waals surface area contributed by atoms with Gasteiger partial charge in [-0.25, -0.2) is 4.98 Å². The Hall–Kier alpha value is -2.72. The number of rotatable bonds is 6. The van der Waals surface area contributed by atoms with E-state index in [0.717, 1.165) is 65.2 Å². The summed E-state index contributed by atoms with van der Waals surface area (Å²) in [6.07, 6.45) is 0. The van der Waals surface area contributed by atoms with E-state index in [4.69, 9.17) is 4.98 Å². The maximum Gasteiger partial charge on any atom is 0.195 e. The Morgan fingerprint density at radius 1 is 0.923 bits per heavy atom. The number of ketones is 1. The predicted octanol–water partition coefficient (Wildman–Crippen LogP) is 4.20. The van der Waals surface area contributed by atoms with Gasteiger partial charge in [0.05, 0.1) is 5.52 Å². The molecule has 0 amide bonds. The molecule has 2 aromatic carbocycles. The van der Waals surface area contributed by atoms with Crippen molar-refractivity contribution in [2.24, 2.45) is 0 Å². The van der Waals surface area contributed by atoms with Crippen molar-refractivity contribution in [1.82, 2.24) is 9.88 Å².